The molecule has 8 heteroatoms. The molecule has 8 nitrogen and oxygen atoms in total. The number of carbonyl (C=O) groups is 2. The largest absolute Gasteiger partial charge is 0.480 e. The maximum absolute atomic E-state index is 13.0. The summed E-state index contributed by atoms with van der Waals surface area (Å²) in [6, 6.07) is 14.2. The van der Waals surface area contributed by atoms with E-state index in [-0.39, 0.29) is 12.5 Å². The number of carboxylic acid groups (broad SMARTS) is 1. The number of pyridine rings is 1. The molecular formula is C20H21N5O3. The Hall–Kier alpha value is -3.52. The number of H-pyrrole nitrogens is 1. The van der Waals surface area contributed by atoms with Crippen molar-refractivity contribution in [1.82, 2.24) is 20.5 Å². The van der Waals surface area contributed by atoms with Crippen LogP contribution in [0.2, 0.25) is 0 Å². The highest BCUT2D eigenvalue weighted by molar-refractivity contribution is 5.96. The van der Waals surface area contributed by atoms with Gasteiger partial charge in [-0.1, -0.05) is 30.3 Å². The van der Waals surface area contributed by atoms with Crippen molar-refractivity contribution in [2.45, 2.75) is 12.5 Å². The van der Waals surface area contributed by atoms with Crippen LogP contribution in [0, 0.1) is 0 Å². The first kappa shape index (κ1) is 19.2. The number of amides is 1. The molecule has 28 heavy (non-hydrogen) atoms. The summed E-state index contributed by atoms with van der Waals surface area (Å²) in [5, 5.41) is 18.9. The van der Waals surface area contributed by atoms with Crippen LogP contribution in [0.4, 0.5) is 5.82 Å². The van der Waals surface area contributed by atoms with E-state index in [9.17, 15) is 9.59 Å². The number of likely N-dealkylation sites (N-methyl/N-ethyl adjacent to an activating group) is 1. The Kier molecular flexibility index (Phi) is 6.13. The van der Waals surface area contributed by atoms with Gasteiger partial charge in [0.15, 0.2) is 5.82 Å². The first-order valence-corrected chi connectivity index (χ1v) is 8.77. The fourth-order valence-electron chi connectivity index (χ4n) is 2.82. The van der Waals surface area contributed by atoms with Crippen LogP contribution in [-0.4, -0.2) is 51.8 Å². The summed E-state index contributed by atoms with van der Waals surface area (Å²) < 4.78 is 0. The number of benzene rings is 1. The van der Waals surface area contributed by atoms with Gasteiger partial charge in [-0.3, -0.25) is 29.9 Å². The summed E-state index contributed by atoms with van der Waals surface area (Å²) >= 11 is 0. The Morgan fingerprint density at radius 1 is 1.18 bits per heavy atom. The molecule has 0 aliphatic heterocycles. The zero-order chi connectivity index (χ0) is 19.9. The van der Waals surface area contributed by atoms with Gasteiger partial charge in [0.1, 0.15) is 0 Å². The van der Waals surface area contributed by atoms with E-state index in [0.29, 0.717) is 12.2 Å². The number of carboxylic acids is 1. The van der Waals surface area contributed by atoms with Gasteiger partial charge in [-0.2, -0.15) is 5.10 Å². The van der Waals surface area contributed by atoms with Crippen molar-refractivity contribution in [3.63, 3.8) is 0 Å². The van der Waals surface area contributed by atoms with Crippen molar-refractivity contribution in [2.24, 2.45) is 0 Å². The van der Waals surface area contributed by atoms with Gasteiger partial charge in [-0.05, 0) is 24.1 Å². The molecule has 3 aromatic rings. The molecule has 0 radical (unpaired) electrons. The average molecular weight is 379 g/mol. The van der Waals surface area contributed by atoms with E-state index in [1.165, 1.54) is 4.90 Å². The molecule has 0 fully saturated rings. The van der Waals surface area contributed by atoms with Crippen LogP contribution >= 0.6 is 0 Å². The van der Waals surface area contributed by atoms with Gasteiger partial charge in [-0.25, -0.2) is 0 Å². The maximum Gasteiger partial charge on any atom is 0.317 e. The molecule has 0 bridgehead atoms. The molecule has 0 aliphatic rings. The Labute approximate surface area is 162 Å². The predicted molar refractivity (Wildman–Crippen MR) is 105 cm³/mol. The fourth-order valence-corrected chi connectivity index (χ4v) is 2.82. The van der Waals surface area contributed by atoms with E-state index in [0.717, 1.165) is 16.8 Å². The SMILES string of the molecule is CN(C(=O)C(Cc1ccccc1)NCC(=O)O)c1cc(-c2ccncc2)[nH]n1. The number of anilines is 1. The predicted octanol–water partition coefficient (Wildman–Crippen LogP) is 1.72. The van der Waals surface area contributed by atoms with Crippen LogP contribution in [0.25, 0.3) is 11.3 Å². The Balaban J connectivity index is 1.77. The van der Waals surface area contributed by atoms with Crippen molar-refractivity contribution in [3.8, 4) is 11.3 Å². The number of rotatable bonds is 8. The van der Waals surface area contributed by atoms with Gasteiger partial charge in [0, 0.05) is 31.1 Å². The van der Waals surface area contributed by atoms with Crippen molar-refractivity contribution in [2.75, 3.05) is 18.5 Å². The number of hydrogen-bond acceptors (Lipinski definition) is 5. The Bertz CT molecular complexity index is 927. The number of aromatic amines is 1. The normalized spacial score (nSPS) is 11.8. The molecule has 2 heterocycles. The third-order valence-corrected chi connectivity index (χ3v) is 4.31. The molecule has 0 aliphatic carbocycles. The summed E-state index contributed by atoms with van der Waals surface area (Å²) in [4.78, 5) is 29.4. The number of hydrogen-bond donors (Lipinski definition) is 3. The summed E-state index contributed by atoms with van der Waals surface area (Å²) in [6.07, 6.45) is 3.73. The van der Waals surface area contributed by atoms with Gasteiger partial charge >= 0.3 is 5.97 Å². The molecule has 1 atom stereocenters. The molecule has 3 rings (SSSR count). The first-order chi connectivity index (χ1) is 13.5. The highest BCUT2D eigenvalue weighted by atomic mass is 16.4. The van der Waals surface area contributed by atoms with Gasteiger partial charge in [0.25, 0.3) is 0 Å². The van der Waals surface area contributed by atoms with Gasteiger partial charge in [-0.15, -0.1) is 0 Å². The lowest BCUT2D eigenvalue weighted by Crippen LogP contribution is -2.48. The maximum atomic E-state index is 13.0. The van der Waals surface area contributed by atoms with E-state index in [1.807, 2.05) is 42.5 Å². The third-order valence-electron chi connectivity index (χ3n) is 4.31. The number of nitrogens with zero attached hydrogens (tertiary/aromatic N) is 3. The molecule has 2 aromatic heterocycles. The molecule has 0 saturated heterocycles. The molecule has 3 N–H and O–H groups in total. The van der Waals surface area contributed by atoms with E-state index in [1.54, 1.807) is 25.5 Å². The zero-order valence-corrected chi connectivity index (χ0v) is 15.4. The minimum atomic E-state index is -1.02. The highest BCUT2D eigenvalue weighted by Crippen LogP contribution is 2.21. The lowest BCUT2D eigenvalue weighted by Gasteiger charge is -2.22. The number of nitrogens with one attached hydrogen (secondary N) is 2. The first-order valence-electron chi connectivity index (χ1n) is 8.77. The van der Waals surface area contributed by atoms with Crippen LogP contribution in [0.3, 0.4) is 0 Å². The molecule has 0 saturated carbocycles. The number of aliphatic carboxylic acids is 1. The monoisotopic (exact) mass is 379 g/mol. The van der Waals surface area contributed by atoms with Gasteiger partial charge in [0.05, 0.1) is 18.3 Å². The summed E-state index contributed by atoms with van der Waals surface area (Å²) in [5.74, 6) is -0.835. The molecule has 1 aromatic carbocycles. The second-order valence-electron chi connectivity index (χ2n) is 6.29. The minimum absolute atomic E-state index is 0.266. The number of carbonyl (C=O) groups excluding carboxylic acids is 1. The molecule has 1 unspecified atom stereocenters. The lowest BCUT2D eigenvalue weighted by molar-refractivity contribution is -0.136. The standard InChI is InChI=1S/C20H21N5O3/c1-25(18-12-16(23-24-18)15-7-9-21-10-8-15)20(28)17(22-13-19(26)27)11-14-5-3-2-4-6-14/h2-10,12,17,22H,11,13H2,1H3,(H,23,24)(H,26,27). The molecule has 1 amide bonds. The Morgan fingerprint density at radius 3 is 2.57 bits per heavy atom. The fraction of sp³-hybridized carbons (Fsp3) is 0.200. The van der Waals surface area contributed by atoms with Gasteiger partial charge < -0.3 is 5.11 Å². The zero-order valence-electron chi connectivity index (χ0n) is 15.4. The second kappa shape index (κ2) is 8.92. The molecular weight excluding hydrogens is 358 g/mol. The van der Waals surface area contributed by atoms with Crippen LogP contribution in [-0.2, 0) is 16.0 Å². The lowest BCUT2D eigenvalue weighted by atomic mass is 10.0. The van der Waals surface area contributed by atoms with E-state index >= 15 is 0 Å². The van der Waals surface area contributed by atoms with Crippen LogP contribution in [0.1, 0.15) is 5.56 Å². The second-order valence-corrected chi connectivity index (χ2v) is 6.29. The Morgan fingerprint density at radius 2 is 1.89 bits per heavy atom. The topological polar surface area (TPSA) is 111 Å². The molecule has 0 spiro atoms. The highest BCUT2D eigenvalue weighted by Gasteiger charge is 2.25. The van der Waals surface area contributed by atoms with Crippen LogP contribution in [0.15, 0.2) is 60.9 Å². The van der Waals surface area contributed by atoms with Crippen molar-refractivity contribution >= 4 is 17.7 Å². The number of aromatic nitrogens is 3. The van der Waals surface area contributed by atoms with E-state index in [2.05, 4.69) is 20.5 Å². The third kappa shape index (κ3) is 4.80. The molecule has 144 valence electrons. The van der Waals surface area contributed by atoms with Crippen molar-refractivity contribution in [3.05, 3.63) is 66.5 Å². The van der Waals surface area contributed by atoms with Crippen LogP contribution < -0.4 is 10.2 Å². The quantitative estimate of drug-likeness (QED) is 0.550. The van der Waals surface area contributed by atoms with Gasteiger partial charge in [0.2, 0.25) is 5.91 Å². The van der Waals surface area contributed by atoms with E-state index < -0.39 is 12.0 Å². The van der Waals surface area contributed by atoms with Crippen molar-refractivity contribution < 1.29 is 14.7 Å². The minimum Gasteiger partial charge on any atom is -0.480 e. The summed E-state index contributed by atoms with van der Waals surface area (Å²) in [5.41, 5.74) is 2.60. The summed E-state index contributed by atoms with van der Waals surface area (Å²) in [7, 11) is 1.62. The van der Waals surface area contributed by atoms with E-state index in [4.69, 9.17) is 5.11 Å². The average Bonchev–Trinajstić information content (AvgIpc) is 3.21. The van der Waals surface area contributed by atoms with Crippen molar-refractivity contribution in [1.29, 1.82) is 0 Å². The summed E-state index contributed by atoms with van der Waals surface area (Å²) in [6.45, 7) is -0.306. The van der Waals surface area contributed by atoms with Crippen LogP contribution in [0.5, 0.6) is 0 Å². The smallest absolute Gasteiger partial charge is 0.317 e.